The van der Waals surface area contributed by atoms with Crippen LogP contribution in [0.2, 0.25) is 0 Å². The molecule has 0 aromatic heterocycles. The van der Waals surface area contributed by atoms with Crippen LogP contribution in [0.15, 0.2) is 54.7 Å². The minimum absolute atomic E-state index is 0.104. The molecule has 6 nitrogen and oxygen atoms in total. The van der Waals surface area contributed by atoms with E-state index in [1.54, 1.807) is 30.3 Å². The molecule has 0 radical (unpaired) electrons. The van der Waals surface area contributed by atoms with Crippen LogP contribution in [0, 0.1) is 5.82 Å². The number of hydrogen-bond donors (Lipinski definition) is 1. The van der Waals surface area contributed by atoms with E-state index in [2.05, 4.69) is 5.32 Å². The maximum Gasteiger partial charge on any atom is 0.326 e. The fraction of sp³-hybridized carbons (Fsp3) is 0.200. The van der Waals surface area contributed by atoms with Crippen LogP contribution in [0.3, 0.4) is 0 Å². The van der Waals surface area contributed by atoms with E-state index in [4.69, 9.17) is 9.47 Å². The predicted octanol–water partition coefficient (Wildman–Crippen LogP) is 3.90. The number of ether oxygens (including phenoxy) is 2. The first-order chi connectivity index (χ1) is 13.0. The first kappa shape index (κ1) is 18.4. The number of benzene rings is 2. The fourth-order valence-electron chi connectivity index (χ4n) is 2.89. The van der Waals surface area contributed by atoms with Crippen molar-refractivity contribution < 1.29 is 23.5 Å². The number of urea groups is 1. The molecular weight excluding hydrogens is 351 g/mol. The Kier molecular flexibility index (Phi) is 5.40. The lowest BCUT2D eigenvalue weighted by atomic mass is 9.97. The summed E-state index contributed by atoms with van der Waals surface area (Å²) in [5.74, 6) is 0.547. The lowest BCUT2D eigenvalue weighted by molar-refractivity contribution is -0.116. The van der Waals surface area contributed by atoms with E-state index in [0.717, 1.165) is 0 Å². The summed E-state index contributed by atoms with van der Waals surface area (Å²) in [5.41, 5.74) is 1.10. The summed E-state index contributed by atoms with van der Waals surface area (Å²) >= 11 is 0. The highest BCUT2D eigenvalue weighted by Crippen LogP contribution is 2.32. The first-order valence-electron chi connectivity index (χ1n) is 8.29. The van der Waals surface area contributed by atoms with Crippen LogP contribution in [-0.2, 0) is 4.79 Å². The molecule has 2 amide bonds. The number of allylic oxidation sites excluding steroid dienone is 1. The summed E-state index contributed by atoms with van der Waals surface area (Å²) < 4.78 is 23.7. The largest absolute Gasteiger partial charge is 0.497 e. The van der Waals surface area contributed by atoms with Gasteiger partial charge in [-0.2, -0.15) is 0 Å². The molecule has 0 aliphatic carbocycles. The summed E-state index contributed by atoms with van der Waals surface area (Å²) in [4.78, 5) is 26.2. The normalized spacial score (nSPS) is 16.2. The van der Waals surface area contributed by atoms with Crippen molar-refractivity contribution >= 4 is 17.5 Å². The van der Waals surface area contributed by atoms with Crippen LogP contribution in [0.1, 0.15) is 18.0 Å². The molecule has 1 heterocycles. The van der Waals surface area contributed by atoms with Crippen LogP contribution in [0.5, 0.6) is 11.5 Å². The molecule has 0 saturated heterocycles. The number of methoxy groups -OCH3 is 2. The van der Waals surface area contributed by atoms with E-state index in [-0.39, 0.29) is 18.0 Å². The van der Waals surface area contributed by atoms with Gasteiger partial charge in [0.05, 0.1) is 25.9 Å². The molecule has 1 atom stereocenters. The van der Waals surface area contributed by atoms with Crippen molar-refractivity contribution in [2.45, 2.75) is 12.5 Å². The molecular formula is C20H19FN2O4. The average molecular weight is 370 g/mol. The number of amides is 2. The number of rotatable bonds is 4. The van der Waals surface area contributed by atoms with Gasteiger partial charge >= 0.3 is 6.03 Å². The summed E-state index contributed by atoms with van der Waals surface area (Å²) in [5, 5.41) is 2.78. The van der Waals surface area contributed by atoms with Crippen molar-refractivity contribution in [1.82, 2.24) is 4.90 Å². The standard InChI is InChI=1S/C20H19FN2O4/c1-26-16-7-8-19(27-2)17(12-16)22-20(25)23-10-9-15(24)11-18(23)13-3-5-14(21)6-4-13/h3-10,12,18H,11H2,1-2H3,(H,22,25). The summed E-state index contributed by atoms with van der Waals surface area (Å²) in [6, 6.07) is 9.81. The second kappa shape index (κ2) is 7.90. The third-order valence-corrected chi connectivity index (χ3v) is 4.29. The topological polar surface area (TPSA) is 67.9 Å². The smallest absolute Gasteiger partial charge is 0.326 e. The third kappa shape index (κ3) is 4.08. The molecule has 0 spiro atoms. The van der Waals surface area contributed by atoms with Gasteiger partial charge in [0.2, 0.25) is 0 Å². The van der Waals surface area contributed by atoms with Gasteiger partial charge in [0.1, 0.15) is 17.3 Å². The number of carbonyl (C=O) groups is 2. The van der Waals surface area contributed by atoms with Gasteiger partial charge in [-0.05, 0) is 35.9 Å². The average Bonchev–Trinajstić information content (AvgIpc) is 2.68. The van der Waals surface area contributed by atoms with Gasteiger partial charge in [-0.3, -0.25) is 9.69 Å². The predicted molar refractivity (Wildman–Crippen MR) is 98.3 cm³/mol. The molecule has 2 aromatic rings. The molecule has 1 unspecified atom stereocenters. The highest BCUT2D eigenvalue weighted by Gasteiger charge is 2.29. The Balaban J connectivity index is 1.88. The molecule has 0 saturated carbocycles. The van der Waals surface area contributed by atoms with Gasteiger partial charge < -0.3 is 14.8 Å². The van der Waals surface area contributed by atoms with Crippen molar-refractivity contribution in [2.24, 2.45) is 0 Å². The Morgan fingerprint density at radius 3 is 2.56 bits per heavy atom. The summed E-state index contributed by atoms with van der Waals surface area (Å²) in [6.07, 6.45) is 2.90. The molecule has 1 aliphatic heterocycles. The molecule has 3 rings (SSSR count). The monoisotopic (exact) mass is 370 g/mol. The fourth-order valence-corrected chi connectivity index (χ4v) is 2.89. The Morgan fingerprint density at radius 1 is 1.15 bits per heavy atom. The minimum atomic E-state index is -0.528. The summed E-state index contributed by atoms with van der Waals surface area (Å²) in [6.45, 7) is 0. The van der Waals surface area contributed by atoms with E-state index in [9.17, 15) is 14.0 Å². The van der Waals surface area contributed by atoms with Crippen LogP contribution in [0.25, 0.3) is 0 Å². The zero-order valence-corrected chi connectivity index (χ0v) is 14.9. The Hall–Kier alpha value is -3.35. The zero-order chi connectivity index (χ0) is 19.4. The van der Waals surface area contributed by atoms with E-state index < -0.39 is 12.1 Å². The van der Waals surface area contributed by atoms with Crippen molar-refractivity contribution in [3.05, 3.63) is 66.1 Å². The number of anilines is 1. The van der Waals surface area contributed by atoms with Crippen LogP contribution in [-0.4, -0.2) is 30.9 Å². The molecule has 1 N–H and O–H groups in total. The quantitative estimate of drug-likeness (QED) is 0.886. The zero-order valence-electron chi connectivity index (χ0n) is 14.9. The van der Waals surface area contributed by atoms with E-state index in [1.807, 2.05) is 0 Å². The van der Waals surface area contributed by atoms with Gasteiger partial charge in [-0.25, -0.2) is 9.18 Å². The van der Waals surface area contributed by atoms with Gasteiger partial charge in [-0.15, -0.1) is 0 Å². The Morgan fingerprint density at radius 2 is 1.89 bits per heavy atom. The second-order valence-corrected chi connectivity index (χ2v) is 5.96. The Labute approximate surface area is 156 Å². The van der Waals surface area contributed by atoms with Crippen molar-refractivity contribution in [2.75, 3.05) is 19.5 Å². The second-order valence-electron chi connectivity index (χ2n) is 5.96. The number of halogens is 1. The molecule has 0 bridgehead atoms. The molecule has 1 aliphatic rings. The minimum Gasteiger partial charge on any atom is -0.497 e. The number of nitrogens with zero attached hydrogens (tertiary/aromatic N) is 1. The Bertz CT molecular complexity index is 880. The number of carbonyl (C=O) groups excluding carboxylic acids is 2. The summed E-state index contributed by atoms with van der Waals surface area (Å²) in [7, 11) is 3.02. The van der Waals surface area contributed by atoms with E-state index in [1.165, 1.54) is 43.5 Å². The lowest BCUT2D eigenvalue weighted by Crippen LogP contribution is -2.37. The SMILES string of the molecule is COc1ccc(OC)c(NC(=O)N2C=CC(=O)CC2c2ccc(F)cc2)c1. The van der Waals surface area contributed by atoms with Crippen molar-refractivity contribution in [3.63, 3.8) is 0 Å². The molecule has 7 heteroatoms. The maximum atomic E-state index is 13.2. The molecule has 27 heavy (non-hydrogen) atoms. The molecule has 140 valence electrons. The van der Waals surface area contributed by atoms with E-state index >= 15 is 0 Å². The van der Waals surface area contributed by atoms with Crippen LogP contribution >= 0.6 is 0 Å². The van der Waals surface area contributed by atoms with Crippen LogP contribution in [0.4, 0.5) is 14.9 Å². The number of ketones is 1. The van der Waals surface area contributed by atoms with Crippen molar-refractivity contribution in [3.8, 4) is 11.5 Å². The van der Waals surface area contributed by atoms with Gasteiger partial charge in [-0.1, -0.05) is 12.1 Å². The van der Waals surface area contributed by atoms with Gasteiger partial charge in [0.25, 0.3) is 0 Å². The number of nitrogens with one attached hydrogen (secondary N) is 1. The third-order valence-electron chi connectivity index (χ3n) is 4.29. The lowest BCUT2D eigenvalue weighted by Gasteiger charge is -2.31. The highest BCUT2D eigenvalue weighted by molar-refractivity contribution is 5.96. The molecule has 0 fully saturated rings. The first-order valence-corrected chi connectivity index (χ1v) is 8.29. The van der Waals surface area contributed by atoms with Gasteiger partial charge in [0, 0.05) is 18.7 Å². The maximum absolute atomic E-state index is 13.2. The van der Waals surface area contributed by atoms with E-state index in [0.29, 0.717) is 22.7 Å². The highest BCUT2D eigenvalue weighted by atomic mass is 19.1. The van der Waals surface area contributed by atoms with Crippen LogP contribution < -0.4 is 14.8 Å². The van der Waals surface area contributed by atoms with Crippen molar-refractivity contribution in [1.29, 1.82) is 0 Å². The number of hydrogen-bond acceptors (Lipinski definition) is 4. The van der Waals surface area contributed by atoms with Gasteiger partial charge in [0.15, 0.2) is 5.78 Å². The molecule has 2 aromatic carbocycles.